The highest BCUT2D eigenvalue weighted by Gasteiger charge is 2.29. The zero-order valence-electron chi connectivity index (χ0n) is 23.8. The molecule has 0 aliphatic carbocycles. The van der Waals surface area contributed by atoms with Crippen LogP contribution in [0.1, 0.15) is 23.6 Å². The van der Waals surface area contributed by atoms with Crippen LogP contribution in [-0.2, 0) is 0 Å². The van der Waals surface area contributed by atoms with Crippen LogP contribution in [0.5, 0.6) is 0 Å². The highest BCUT2D eigenvalue weighted by molar-refractivity contribution is 6.25. The lowest BCUT2D eigenvalue weighted by Gasteiger charge is -2.33. The van der Waals surface area contributed by atoms with Gasteiger partial charge < -0.3 is 14.5 Å². The topological polar surface area (TPSA) is 59.2 Å². The van der Waals surface area contributed by atoms with Crippen molar-refractivity contribution in [2.45, 2.75) is 12.5 Å². The second kappa shape index (κ2) is 9.93. The molecule has 0 bridgehead atoms. The molecule has 4 heterocycles. The van der Waals surface area contributed by atoms with Crippen molar-refractivity contribution < 1.29 is 0 Å². The fraction of sp³-hybridized carbons (Fsp3) is 0.0526. The van der Waals surface area contributed by atoms with Gasteiger partial charge in [0.15, 0.2) is 6.29 Å². The molecule has 0 saturated carbocycles. The number of amidine groups is 1. The fourth-order valence-corrected chi connectivity index (χ4v) is 6.75. The van der Waals surface area contributed by atoms with Crippen molar-refractivity contribution in [1.82, 2.24) is 24.8 Å². The van der Waals surface area contributed by atoms with E-state index in [4.69, 9.17) is 9.98 Å². The summed E-state index contributed by atoms with van der Waals surface area (Å²) in [5.74, 6) is 0.848. The van der Waals surface area contributed by atoms with E-state index < -0.39 is 6.29 Å². The Morgan fingerprint density at radius 1 is 0.591 bits per heavy atom. The van der Waals surface area contributed by atoms with Crippen molar-refractivity contribution >= 4 is 49.6 Å². The van der Waals surface area contributed by atoms with Gasteiger partial charge in [-0.25, -0.2) is 4.99 Å². The van der Waals surface area contributed by atoms with E-state index in [2.05, 4.69) is 141 Å². The predicted octanol–water partition coefficient (Wildman–Crippen LogP) is 8.08. The average molecular weight is 569 g/mol. The van der Waals surface area contributed by atoms with Gasteiger partial charge in [-0.05, 0) is 48.0 Å². The summed E-state index contributed by atoms with van der Waals surface area (Å²) >= 11 is 0. The molecule has 1 aliphatic rings. The first-order chi connectivity index (χ1) is 21.8. The van der Waals surface area contributed by atoms with Crippen molar-refractivity contribution in [3.05, 3.63) is 157 Å². The number of rotatable bonds is 4. The summed E-state index contributed by atoms with van der Waals surface area (Å²) in [7, 11) is 0. The van der Waals surface area contributed by atoms with E-state index in [1.807, 2.05) is 24.4 Å². The minimum absolute atomic E-state index is 0.150. The van der Waals surface area contributed by atoms with Crippen LogP contribution in [0.15, 0.2) is 151 Å². The molecule has 0 amide bonds. The molecule has 0 radical (unpaired) electrons. The second-order valence-corrected chi connectivity index (χ2v) is 11.2. The zero-order chi connectivity index (χ0) is 29.0. The number of fused-ring (bicyclic) bond motifs is 7. The normalized spacial score (nSPS) is 16.9. The maximum Gasteiger partial charge on any atom is 0.184 e. The van der Waals surface area contributed by atoms with E-state index in [1.54, 1.807) is 0 Å². The van der Waals surface area contributed by atoms with Crippen LogP contribution >= 0.6 is 0 Å². The van der Waals surface area contributed by atoms with Crippen LogP contribution in [0.3, 0.4) is 0 Å². The van der Waals surface area contributed by atoms with Crippen LogP contribution in [0, 0.1) is 0 Å². The van der Waals surface area contributed by atoms with E-state index in [0.717, 1.165) is 50.1 Å². The Balaban J connectivity index is 1.38. The first-order valence-electron chi connectivity index (χ1n) is 14.9. The van der Waals surface area contributed by atoms with Crippen LogP contribution in [0.25, 0.3) is 49.4 Å². The van der Waals surface area contributed by atoms with Crippen molar-refractivity contribution in [1.29, 1.82) is 0 Å². The molecule has 9 rings (SSSR count). The van der Waals surface area contributed by atoms with Crippen molar-refractivity contribution in [3.8, 4) is 5.69 Å². The van der Waals surface area contributed by atoms with E-state index >= 15 is 0 Å². The van der Waals surface area contributed by atoms with Gasteiger partial charge in [0.2, 0.25) is 0 Å². The minimum atomic E-state index is -0.398. The van der Waals surface area contributed by atoms with Gasteiger partial charge >= 0.3 is 0 Å². The number of para-hydroxylation sites is 2. The Bertz CT molecular complexity index is 2340. The molecule has 2 unspecified atom stereocenters. The highest BCUT2D eigenvalue weighted by atomic mass is 15.4. The van der Waals surface area contributed by atoms with Crippen LogP contribution in [0.4, 0.5) is 0 Å². The van der Waals surface area contributed by atoms with Gasteiger partial charge in [-0.3, -0.25) is 10.3 Å². The minimum Gasteiger partial charge on any atom is -0.350 e. The van der Waals surface area contributed by atoms with E-state index in [0.29, 0.717) is 0 Å². The Hall–Kier alpha value is -5.72. The Kier molecular flexibility index (Phi) is 5.61. The molecule has 1 aliphatic heterocycles. The molecular formula is C38H28N6. The lowest BCUT2D eigenvalue weighted by atomic mass is 10.1. The smallest absolute Gasteiger partial charge is 0.184 e. The monoisotopic (exact) mass is 568 g/mol. The molecular weight excluding hydrogens is 540 g/mol. The van der Waals surface area contributed by atoms with Gasteiger partial charge in [0.1, 0.15) is 12.0 Å². The van der Waals surface area contributed by atoms with Crippen LogP contribution in [0.2, 0.25) is 0 Å². The molecule has 3 aromatic heterocycles. The van der Waals surface area contributed by atoms with Gasteiger partial charge in [0.05, 0.1) is 27.6 Å². The molecule has 6 nitrogen and oxygen atoms in total. The van der Waals surface area contributed by atoms with E-state index in [1.165, 1.54) is 16.3 Å². The second-order valence-electron chi connectivity index (χ2n) is 11.2. The summed E-state index contributed by atoms with van der Waals surface area (Å²) in [5, 5.41) is 11.0. The Morgan fingerprint density at radius 2 is 1.30 bits per heavy atom. The summed E-state index contributed by atoms with van der Waals surface area (Å²) in [6, 6.07) is 48.8. The first-order valence-corrected chi connectivity index (χ1v) is 14.9. The third-order valence-corrected chi connectivity index (χ3v) is 8.64. The van der Waals surface area contributed by atoms with E-state index in [9.17, 15) is 0 Å². The summed E-state index contributed by atoms with van der Waals surface area (Å²) < 4.78 is 4.71. The first kappa shape index (κ1) is 24.8. The maximum absolute atomic E-state index is 5.35. The molecule has 5 aromatic carbocycles. The molecule has 2 N–H and O–H groups in total. The largest absolute Gasteiger partial charge is 0.350 e. The number of hydrogen-bond acceptors (Lipinski definition) is 4. The number of nitrogens with zero attached hydrogens (tertiary/aromatic N) is 4. The van der Waals surface area contributed by atoms with Gasteiger partial charge in [0.25, 0.3) is 0 Å². The fourth-order valence-electron chi connectivity index (χ4n) is 6.75. The quantitative estimate of drug-likeness (QED) is 0.226. The Labute approximate surface area is 253 Å². The maximum atomic E-state index is 5.35. The molecule has 210 valence electrons. The molecule has 2 atom stereocenters. The molecule has 0 saturated heterocycles. The molecule has 44 heavy (non-hydrogen) atoms. The zero-order valence-corrected chi connectivity index (χ0v) is 23.8. The lowest BCUT2D eigenvalue weighted by Crippen LogP contribution is -2.46. The molecule has 0 spiro atoms. The molecule has 8 aromatic rings. The third-order valence-electron chi connectivity index (χ3n) is 8.64. The SMILES string of the molecule is c1ccc(C2=NC(n3c4cccnc4c4ccc5c(c6ccccc6n5-c5ccccc5)c43)NC(c3ccccc3)N2)cc1. The highest BCUT2D eigenvalue weighted by Crippen LogP contribution is 2.41. The van der Waals surface area contributed by atoms with Gasteiger partial charge in [-0.15, -0.1) is 0 Å². The van der Waals surface area contributed by atoms with E-state index in [-0.39, 0.29) is 6.17 Å². The van der Waals surface area contributed by atoms with Gasteiger partial charge in [0, 0.05) is 33.6 Å². The summed E-state index contributed by atoms with van der Waals surface area (Å²) in [4.78, 5) is 10.3. The third kappa shape index (κ3) is 3.78. The number of hydrogen-bond donors (Lipinski definition) is 2. The number of aliphatic imine (C=N–C) groups is 1. The summed E-state index contributed by atoms with van der Waals surface area (Å²) in [6.45, 7) is 0. The van der Waals surface area contributed by atoms with Crippen molar-refractivity contribution in [2.24, 2.45) is 4.99 Å². The number of pyridine rings is 1. The summed E-state index contributed by atoms with van der Waals surface area (Å²) in [5.41, 5.74) is 8.75. The Morgan fingerprint density at radius 3 is 2.11 bits per heavy atom. The number of aromatic nitrogens is 3. The molecule has 6 heteroatoms. The number of nitrogens with one attached hydrogen (secondary N) is 2. The standard InChI is InChI=1S/C38H28N6/c1-4-13-25(14-5-1)36-40-37(26-15-6-2-7-16-26)42-38(41-36)44-32-21-12-24-39-34(32)29-22-23-31-33(35(29)44)28-19-10-11-20-30(28)43(31)27-17-8-3-9-18-27/h1-24,36,38,41H,(H,40,42). The van der Waals surface area contributed by atoms with Crippen LogP contribution < -0.4 is 10.6 Å². The van der Waals surface area contributed by atoms with Crippen molar-refractivity contribution in [3.63, 3.8) is 0 Å². The number of benzene rings is 5. The van der Waals surface area contributed by atoms with Crippen molar-refractivity contribution in [2.75, 3.05) is 0 Å². The summed E-state index contributed by atoms with van der Waals surface area (Å²) in [6.07, 6.45) is 1.33. The van der Waals surface area contributed by atoms with Crippen LogP contribution in [-0.4, -0.2) is 20.0 Å². The lowest BCUT2D eigenvalue weighted by molar-refractivity contribution is 0.341. The van der Waals surface area contributed by atoms with Gasteiger partial charge in [-0.2, -0.15) is 0 Å². The average Bonchev–Trinajstić information content (AvgIpc) is 3.62. The molecule has 0 fully saturated rings. The predicted molar refractivity (Wildman–Crippen MR) is 179 cm³/mol. The van der Waals surface area contributed by atoms with Gasteiger partial charge in [-0.1, -0.05) is 97.1 Å².